The quantitative estimate of drug-likeness (QED) is 0.634. The topological polar surface area (TPSA) is 30.2 Å². The maximum absolute atomic E-state index is 12.1. The summed E-state index contributed by atoms with van der Waals surface area (Å²) < 4.78 is 5.37. The van der Waals surface area contributed by atoms with Crippen LogP contribution in [-0.2, 0) is 0 Å². The van der Waals surface area contributed by atoms with Crippen LogP contribution in [0.1, 0.15) is 25.3 Å². The number of fused-ring (bicyclic) bond motifs is 1. The van der Waals surface area contributed by atoms with Crippen LogP contribution in [0.4, 0.5) is 0 Å². The molecule has 0 aliphatic heterocycles. The molecule has 0 aliphatic rings. The molecule has 1 heterocycles. The molecule has 3 rings (SSSR count). The minimum atomic E-state index is -0.291. The lowest BCUT2D eigenvalue weighted by molar-refractivity contribution is 0.563. The molecule has 0 spiro atoms. The van der Waals surface area contributed by atoms with Gasteiger partial charge < -0.3 is 4.42 Å². The fourth-order valence-corrected chi connectivity index (χ4v) is 2.31. The van der Waals surface area contributed by atoms with Gasteiger partial charge in [0.15, 0.2) is 0 Å². The first kappa shape index (κ1) is 12.7. The van der Waals surface area contributed by atoms with Gasteiger partial charge in [-0.15, -0.1) is 0 Å². The largest absolute Gasteiger partial charge is 0.422 e. The van der Waals surface area contributed by atoms with Crippen LogP contribution >= 0.6 is 0 Å². The third-order valence-electron chi connectivity index (χ3n) is 3.53. The van der Waals surface area contributed by atoms with Crippen molar-refractivity contribution in [1.82, 2.24) is 0 Å². The third-order valence-corrected chi connectivity index (χ3v) is 3.53. The Morgan fingerprint density at radius 1 is 0.950 bits per heavy atom. The molecule has 0 radical (unpaired) electrons. The molecule has 20 heavy (non-hydrogen) atoms. The van der Waals surface area contributed by atoms with Gasteiger partial charge in [0.2, 0.25) is 0 Å². The highest BCUT2D eigenvalue weighted by molar-refractivity contribution is 5.81. The summed E-state index contributed by atoms with van der Waals surface area (Å²) in [6.45, 7) is 4.30. The Balaban J connectivity index is 2.13. The molecule has 0 amide bonds. The molecule has 0 fully saturated rings. The molecule has 0 aliphatic carbocycles. The van der Waals surface area contributed by atoms with Gasteiger partial charge in [-0.25, -0.2) is 4.79 Å². The van der Waals surface area contributed by atoms with Crippen LogP contribution in [0.3, 0.4) is 0 Å². The van der Waals surface area contributed by atoms with E-state index in [2.05, 4.69) is 26.0 Å². The van der Waals surface area contributed by atoms with Crippen molar-refractivity contribution in [1.29, 1.82) is 0 Å². The molecule has 2 heteroatoms. The highest BCUT2D eigenvalue weighted by Crippen LogP contribution is 2.23. The lowest BCUT2D eigenvalue weighted by Crippen LogP contribution is -2.02. The van der Waals surface area contributed by atoms with Gasteiger partial charge >= 0.3 is 5.63 Å². The van der Waals surface area contributed by atoms with E-state index in [-0.39, 0.29) is 5.63 Å². The van der Waals surface area contributed by atoms with Crippen molar-refractivity contribution in [2.75, 3.05) is 0 Å². The molecule has 0 saturated carbocycles. The summed E-state index contributed by atoms with van der Waals surface area (Å²) in [6.07, 6.45) is 0. The molecular formula is C18H16O2. The molecule has 0 atom stereocenters. The fraction of sp³-hybridized carbons (Fsp3) is 0.167. The molecule has 2 aromatic carbocycles. The SMILES string of the molecule is CC(C)c1ccc(-c2cc3ccccc3oc2=O)cc1. The first-order chi connectivity index (χ1) is 9.65. The molecule has 2 nitrogen and oxygen atoms in total. The van der Waals surface area contributed by atoms with Crippen LogP contribution in [0.2, 0.25) is 0 Å². The number of hydrogen-bond donors (Lipinski definition) is 0. The molecule has 3 aromatic rings. The zero-order valence-electron chi connectivity index (χ0n) is 11.6. The van der Waals surface area contributed by atoms with Crippen molar-refractivity contribution >= 4 is 11.0 Å². The Morgan fingerprint density at radius 3 is 2.35 bits per heavy atom. The maximum atomic E-state index is 12.1. The van der Waals surface area contributed by atoms with Crippen molar-refractivity contribution in [2.45, 2.75) is 19.8 Å². The van der Waals surface area contributed by atoms with Gasteiger partial charge in [-0.3, -0.25) is 0 Å². The van der Waals surface area contributed by atoms with Crippen LogP contribution in [0.25, 0.3) is 22.1 Å². The Morgan fingerprint density at radius 2 is 1.65 bits per heavy atom. The van der Waals surface area contributed by atoms with Gasteiger partial charge in [0, 0.05) is 5.39 Å². The predicted molar refractivity (Wildman–Crippen MR) is 82.0 cm³/mol. The number of rotatable bonds is 2. The number of hydrogen-bond acceptors (Lipinski definition) is 2. The summed E-state index contributed by atoms with van der Waals surface area (Å²) in [4.78, 5) is 12.1. The molecule has 0 N–H and O–H groups in total. The monoisotopic (exact) mass is 264 g/mol. The van der Waals surface area contributed by atoms with E-state index in [0.29, 0.717) is 17.1 Å². The van der Waals surface area contributed by atoms with E-state index < -0.39 is 0 Å². The summed E-state index contributed by atoms with van der Waals surface area (Å²) in [5, 5.41) is 0.940. The molecular weight excluding hydrogens is 248 g/mol. The number of benzene rings is 2. The second-order valence-corrected chi connectivity index (χ2v) is 5.26. The highest BCUT2D eigenvalue weighted by atomic mass is 16.4. The van der Waals surface area contributed by atoms with Crippen LogP contribution in [0.5, 0.6) is 0 Å². The van der Waals surface area contributed by atoms with Crippen LogP contribution < -0.4 is 5.63 Å². The van der Waals surface area contributed by atoms with Gasteiger partial charge in [-0.1, -0.05) is 56.3 Å². The van der Waals surface area contributed by atoms with E-state index >= 15 is 0 Å². The molecule has 100 valence electrons. The summed E-state index contributed by atoms with van der Waals surface area (Å²) in [6, 6.07) is 17.5. The zero-order valence-corrected chi connectivity index (χ0v) is 11.6. The van der Waals surface area contributed by atoms with Gasteiger partial charge in [-0.2, -0.15) is 0 Å². The standard InChI is InChI=1S/C18H16O2/c1-12(2)13-7-9-14(10-8-13)16-11-15-5-3-4-6-17(15)20-18(16)19/h3-12H,1-2H3. The lowest BCUT2D eigenvalue weighted by atomic mass is 9.99. The van der Waals surface area contributed by atoms with E-state index in [4.69, 9.17) is 4.42 Å². The zero-order chi connectivity index (χ0) is 14.1. The van der Waals surface area contributed by atoms with E-state index in [1.54, 1.807) is 0 Å². The Hall–Kier alpha value is -2.35. The first-order valence-corrected chi connectivity index (χ1v) is 6.78. The second kappa shape index (κ2) is 4.97. The summed E-state index contributed by atoms with van der Waals surface area (Å²) in [5.41, 5.74) is 3.10. The van der Waals surface area contributed by atoms with Crippen molar-refractivity contribution in [2.24, 2.45) is 0 Å². The van der Waals surface area contributed by atoms with E-state index in [1.165, 1.54) is 5.56 Å². The molecule has 0 saturated heterocycles. The normalized spacial score (nSPS) is 11.2. The predicted octanol–water partition coefficient (Wildman–Crippen LogP) is 4.58. The van der Waals surface area contributed by atoms with Crippen molar-refractivity contribution in [3.05, 3.63) is 70.6 Å². The second-order valence-electron chi connectivity index (χ2n) is 5.26. The molecule has 1 aromatic heterocycles. The summed E-state index contributed by atoms with van der Waals surface area (Å²) >= 11 is 0. The maximum Gasteiger partial charge on any atom is 0.344 e. The van der Waals surface area contributed by atoms with Crippen molar-refractivity contribution in [3.63, 3.8) is 0 Å². The first-order valence-electron chi connectivity index (χ1n) is 6.78. The van der Waals surface area contributed by atoms with Crippen LogP contribution in [0, 0.1) is 0 Å². The summed E-state index contributed by atoms with van der Waals surface area (Å²) in [7, 11) is 0. The average molecular weight is 264 g/mol. The van der Waals surface area contributed by atoms with E-state index in [0.717, 1.165) is 10.9 Å². The highest BCUT2D eigenvalue weighted by Gasteiger charge is 2.08. The summed E-state index contributed by atoms with van der Waals surface area (Å²) in [5.74, 6) is 0.483. The molecule has 0 unspecified atom stereocenters. The van der Waals surface area contributed by atoms with Gasteiger partial charge in [0.25, 0.3) is 0 Å². The van der Waals surface area contributed by atoms with Crippen molar-refractivity contribution < 1.29 is 4.42 Å². The Bertz CT molecular complexity index is 796. The smallest absolute Gasteiger partial charge is 0.344 e. The minimum Gasteiger partial charge on any atom is -0.422 e. The Kier molecular flexibility index (Phi) is 3.15. The van der Waals surface area contributed by atoms with Crippen LogP contribution in [-0.4, -0.2) is 0 Å². The van der Waals surface area contributed by atoms with Gasteiger partial charge in [-0.05, 0) is 29.2 Å². The van der Waals surface area contributed by atoms with Gasteiger partial charge in [0.05, 0.1) is 5.56 Å². The average Bonchev–Trinajstić information content (AvgIpc) is 2.46. The minimum absolute atomic E-state index is 0.291. The van der Waals surface area contributed by atoms with E-state index in [9.17, 15) is 4.79 Å². The van der Waals surface area contributed by atoms with Crippen LogP contribution in [0.15, 0.2) is 63.8 Å². The fourth-order valence-electron chi connectivity index (χ4n) is 2.31. The van der Waals surface area contributed by atoms with Gasteiger partial charge in [0.1, 0.15) is 5.58 Å². The number of para-hydroxylation sites is 1. The Labute approximate surface area is 117 Å². The molecule has 0 bridgehead atoms. The third kappa shape index (κ3) is 2.25. The lowest BCUT2D eigenvalue weighted by Gasteiger charge is -2.07. The van der Waals surface area contributed by atoms with Crippen molar-refractivity contribution in [3.8, 4) is 11.1 Å². The van der Waals surface area contributed by atoms with E-state index in [1.807, 2.05) is 42.5 Å².